The molecule has 0 radical (unpaired) electrons. The van der Waals surface area contributed by atoms with Crippen LogP contribution in [0.3, 0.4) is 0 Å². The van der Waals surface area contributed by atoms with E-state index in [2.05, 4.69) is 4.74 Å². The molecule has 4 nitrogen and oxygen atoms in total. The van der Waals surface area contributed by atoms with E-state index in [4.69, 9.17) is 21.4 Å². The second-order valence-corrected chi connectivity index (χ2v) is 3.49. The molecule has 0 heterocycles. The first-order valence-corrected chi connectivity index (χ1v) is 5.18. The number of benzene rings is 1. The van der Waals surface area contributed by atoms with E-state index in [1.807, 2.05) is 0 Å². The van der Waals surface area contributed by atoms with E-state index >= 15 is 0 Å². The lowest BCUT2D eigenvalue weighted by molar-refractivity contribution is 0.0596. The summed E-state index contributed by atoms with van der Waals surface area (Å²) in [6.45, 7) is 0.378. The van der Waals surface area contributed by atoms with Gasteiger partial charge in [0.2, 0.25) is 0 Å². The first kappa shape index (κ1) is 12.8. The highest BCUT2D eigenvalue weighted by molar-refractivity contribution is 6.31. The Hall–Kier alpha value is -1.26. The summed E-state index contributed by atoms with van der Waals surface area (Å²) in [6.07, 6.45) is 0.503. The van der Waals surface area contributed by atoms with Crippen molar-refractivity contribution in [3.8, 4) is 5.75 Å². The summed E-state index contributed by atoms with van der Waals surface area (Å²) in [4.78, 5) is 11.4. The molecule has 1 aromatic carbocycles. The van der Waals surface area contributed by atoms with Crippen LogP contribution in [0.2, 0.25) is 5.02 Å². The molecule has 0 amide bonds. The van der Waals surface area contributed by atoms with Gasteiger partial charge in [-0.3, -0.25) is 0 Å². The predicted molar refractivity (Wildman–Crippen MR) is 60.0 cm³/mol. The number of aliphatic hydroxyl groups is 1. The van der Waals surface area contributed by atoms with Gasteiger partial charge in [-0.1, -0.05) is 11.6 Å². The minimum atomic E-state index is -0.499. The van der Waals surface area contributed by atoms with Gasteiger partial charge in [0.25, 0.3) is 0 Å². The summed E-state index contributed by atoms with van der Waals surface area (Å²) >= 11 is 5.78. The van der Waals surface area contributed by atoms with Crippen LogP contribution in [-0.2, 0) is 4.74 Å². The lowest BCUT2D eigenvalue weighted by Gasteiger charge is -2.09. The smallest absolute Gasteiger partial charge is 0.341 e. The topological polar surface area (TPSA) is 55.8 Å². The highest BCUT2D eigenvalue weighted by Crippen LogP contribution is 2.23. The second kappa shape index (κ2) is 6.35. The van der Waals surface area contributed by atoms with Gasteiger partial charge in [0.05, 0.1) is 13.7 Å². The van der Waals surface area contributed by atoms with Crippen LogP contribution in [0.5, 0.6) is 5.75 Å². The second-order valence-electron chi connectivity index (χ2n) is 3.06. The van der Waals surface area contributed by atoms with Crippen LogP contribution < -0.4 is 4.74 Å². The first-order chi connectivity index (χ1) is 7.69. The van der Waals surface area contributed by atoms with Crippen molar-refractivity contribution < 1.29 is 19.4 Å². The van der Waals surface area contributed by atoms with Gasteiger partial charge < -0.3 is 14.6 Å². The summed E-state index contributed by atoms with van der Waals surface area (Å²) in [5.74, 6) is -0.0915. The van der Waals surface area contributed by atoms with E-state index in [0.29, 0.717) is 23.8 Å². The SMILES string of the molecule is COC(=O)c1cc(Cl)ccc1OCCCO. The Morgan fingerprint density at radius 3 is 2.88 bits per heavy atom. The molecular formula is C11H13ClO4. The van der Waals surface area contributed by atoms with Crippen LogP contribution in [0.4, 0.5) is 0 Å². The highest BCUT2D eigenvalue weighted by Gasteiger charge is 2.13. The van der Waals surface area contributed by atoms with Crippen molar-refractivity contribution in [2.24, 2.45) is 0 Å². The maximum atomic E-state index is 11.4. The van der Waals surface area contributed by atoms with E-state index < -0.39 is 5.97 Å². The zero-order valence-electron chi connectivity index (χ0n) is 8.90. The van der Waals surface area contributed by atoms with Gasteiger partial charge in [0, 0.05) is 18.1 Å². The number of halogens is 1. The molecule has 0 aliphatic rings. The molecular weight excluding hydrogens is 232 g/mol. The third-order valence-electron chi connectivity index (χ3n) is 1.91. The Bertz CT molecular complexity index is 365. The number of rotatable bonds is 5. The summed E-state index contributed by atoms with van der Waals surface area (Å²) in [5, 5.41) is 9.06. The number of hydrogen-bond acceptors (Lipinski definition) is 4. The molecule has 1 rings (SSSR count). The molecule has 0 atom stereocenters. The van der Waals surface area contributed by atoms with Crippen molar-refractivity contribution >= 4 is 17.6 Å². The number of carbonyl (C=O) groups excluding carboxylic acids is 1. The fourth-order valence-electron chi connectivity index (χ4n) is 1.14. The molecule has 1 aromatic rings. The number of ether oxygens (including phenoxy) is 2. The van der Waals surface area contributed by atoms with Crippen LogP contribution >= 0.6 is 11.6 Å². The van der Waals surface area contributed by atoms with E-state index in [1.54, 1.807) is 12.1 Å². The summed E-state index contributed by atoms with van der Waals surface area (Å²) < 4.78 is 9.95. The molecule has 0 aliphatic carbocycles. The maximum absolute atomic E-state index is 11.4. The minimum Gasteiger partial charge on any atom is -0.493 e. The number of carbonyl (C=O) groups is 1. The molecule has 0 saturated carbocycles. The zero-order valence-corrected chi connectivity index (χ0v) is 9.66. The number of methoxy groups -OCH3 is 1. The fourth-order valence-corrected chi connectivity index (χ4v) is 1.32. The lowest BCUT2D eigenvalue weighted by Crippen LogP contribution is -2.07. The van der Waals surface area contributed by atoms with Crippen molar-refractivity contribution in [3.63, 3.8) is 0 Å². The predicted octanol–water partition coefficient (Wildman–Crippen LogP) is 1.89. The highest BCUT2D eigenvalue weighted by atomic mass is 35.5. The van der Waals surface area contributed by atoms with Gasteiger partial charge in [-0.15, -0.1) is 0 Å². The van der Waals surface area contributed by atoms with Crippen molar-refractivity contribution in [1.29, 1.82) is 0 Å². The molecule has 5 heteroatoms. The average molecular weight is 245 g/mol. The summed E-state index contributed by atoms with van der Waals surface area (Å²) in [6, 6.07) is 4.72. The molecule has 0 unspecified atom stereocenters. The van der Waals surface area contributed by atoms with Crippen LogP contribution in [0.15, 0.2) is 18.2 Å². The van der Waals surface area contributed by atoms with E-state index in [9.17, 15) is 4.79 Å². The normalized spacial score (nSPS) is 9.94. The van der Waals surface area contributed by atoms with Crippen molar-refractivity contribution in [2.75, 3.05) is 20.3 Å². The van der Waals surface area contributed by atoms with Crippen molar-refractivity contribution in [3.05, 3.63) is 28.8 Å². The lowest BCUT2D eigenvalue weighted by atomic mass is 10.2. The monoisotopic (exact) mass is 244 g/mol. The Labute approximate surface area is 98.7 Å². The molecule has 16 heavy (non-hydrogen) atoms. The largest absolute Gasteiger partial charge is 0.493 e. The number of aliphatic hydroxyl groups excluding tert-OH is 1. The van der Waals surface area contributed by atoms with Crippen LogP contribution in [0.25, 0.3) is 0 Å². The first-order valence-electron chi connectivity index (χ1n) is 4.80. The molecule has 0 fully saturated rings. The third kappa shape index (κ3) is 3.40. The summed E-state index contributed by atoms with van der Waals surface area (Å²) in [7, 11) is 1.29. The minimum absolute atomic E-state index is 0.0428. The molecule has 0 spiro atoms. The van der Waals surface area contributed by atoms with Gasteiger partial charge >= 0.3 is 5.97 Å². The van der Waals surface area contributed by atoms with Crippen molar-refractivity contribution in [1.82, 2.24) is 0 Å². The number of esters is 1. The fraction of sp³-hybridized carbons (Fsp3) is 0.364. The van der Waals surface area contributed by atoms with Crippen LogP contribution in [0, 0.1) is 0 Å². The molecule has 1 N–H and O–H groups in total. The number of hydrogen-bond donors (Lipinski definition) is 1. The zero-order chi connectivity index (χ0) is 12.0. The van der Waals surface area contributed by atoms with Gasteiger partial charge in [-0.2, -0.15) is 0 Å². The molecule has 0 aromatic heterocycles. The molecule has 0 aliphatic heterocycles. The third-order valence-corrected chi connectivity index (χ3v) is 2.14. The molecule has 88 valence electrons. The van der Waals surface area contributed by atoms with E-state index in [1.165, 1.54) is 13.2 Å². The Morgan fingerprint density at radius 2 is 2.25 bits per heavy atom. The quantitative estimate of drug-likeness (QED) is 0.635. The van der Waals surface area contributed by atoms with E-state index in [-0.39, 0.29) is 12.2 Å². The van der Waals surface area contributed by atoms with Crippen LogP contribution in [0.1, 0.15) is 16.8 Å². The van der Waals surface area contributed by atoms with E-state index in [0.717, 1.165) is 0 Å². The molecule has 0 bridgehead atoms. The Morgan fingerprint density at radius 1 is 1.50 bits per heavy atom. The van der Waals surface area contributed by atoms with Gasteiger partial charge in [-0.25, -0.2) is 4.79 Å². The Kier molecular flexibility index (Phi) is 5.08. The van der Waals surface area contributed by atoms with Crippen LogP contribution in [-0.4, -0.2) is 31.4 Å². The van der Waals surface area contributed by atoms with Gasteiger partial charge in [-0.05, 0) is 18.2 Å². The Balaban J connectivity index is 2.85. The standard InChI is InChI=1S/C11H13ClO4/c1-15-11(14)9-7-8(12)3-4-10(9)16-6-2-5-13/h3-4,7,13H,2,5-6H2,1H3. The van der Waals surface area contributed by atoms with Gasteiger partial charge in [0.1, 0.15) is 11.3 Å². The summed E-state index contributed by atoms with van der Waals surface area (Å²) in [5.41, 5.74) is 0.285. The maximum Gasteiger partial charge on any atom is 0.341 e. The molecule has 0 saturated heterocycles. The van der Waals surface area contributed by atoms with Crippen molar-refractivity contribution in [2.45, 2.75) is 6.42 Å². The average Bonchev–Trinajstić information content (AvgIpc) is 2.30. The van der Waals surface area contributed by atoms with Gasteiger partial charge in [0.15, 0.2) is 0 Å².